The molecule has 0 bridgehead atoms. The molecule has 1 aliphatic rings. The Morgan fingerprint density at radius 1 is 1.25 bits per heavy atom. The van der Waals surface area contributed by atoms with Gasteiger partial charge in [0.2, 0.25) is 0 Å². The molecule has 1 amide bonds. The molecule has 2 heterocycles. The summed E-state index contributed by atoms with van der Waals surface area (Å²) >= 11 is 1.95. The molecule has 104 valence electrons. The van der Waals surface area contributed by atoms with E-state index in [1.54, 1.807) is 6.20 Å². The predicted molar refractivity (Wildman–Crippen MR) is 81.8 cm³/mol. The van der Waals surface area contributed by atoms with E-state index in [-0.39, 0.29) is 5.91 Å². The van der Waals surface area contributed by atoms with Gasteiger partial charge in [-0.25, -0.2) is 0 Å². The van der Waals surface area contributed by atoms with Gasteiger partial charge < -0.3 is 5.32 Å². The van der Waals surface area contributed by atoms with Crippen LogP contribution >= 0.6 is 11.8 Å². The average Bonchev–Trinajstić information content (AvgIpc) is 2.99. The van der Waals surface area contributed by atoms with Crippen LogP contribution < -0.4 is 5.32 Å². The van der Waals surface area contributed by atoms with Crippen molar-refractivity contribution in [2.24, 2.45) is 0 Å². The molecule has 3 rings (SSSR count). The normalized spacial score (nSPS) is 16.0. The van der Waals surface area contributed by atoms with E-state index in [9.17, 15) is 4.79 Å². The van der Waals surface area contributed by atoms with Gasteiger partial charge in [0.15, 0.2) is 0 Å². The monoisotopic (exact) mass is 287 g/mol. The lowest BCUT2D eigenvalue weighted by Crippen LogP contribution is -2.37. The van der Waals surface area contributed by atoms with Gasteiger partial charge in [-0.2, -0.15) is 16.9 Å². The third kappa shape index (κ3) is 2.88. The van der Waals surface area contributed by atoms with Crippen molar-refractivity contribution < 1.29 is 4.79 Å². The molecule has 0 aliphatic carbocycles. The summed E-state index contributed by atoms with van der Waals surface area (Å²) in [6.45, 7) is 0. The molecule has 2 aromatic rings. The molecule has 1 fully saturated rings. The van der Waals surface area contributed by atoms with Gasteiger partial charge in [0.05, 0.1) is 17.5 Å². The van der Waals surface area contributed by atoms with Crippen LogP contribution in [0.3, 0.4) is 0 Å². The SMILES string of the molecule is O=C(NC1CCSCC1)c1cn[nH]c1-c1ccccc1. The molecule has 20 heavy (non-hydrogen) atoms. The summed E-state index contributed by atoms with van der Waals surface area (Å²) in [5, 5.41) is 10.1. The molecule has 2 N–H and O–H groups in total. The molecule has 5 heteroatoms. The Hall–Kier alpha value is -1.75. The molecule has 0 atom stereocenters. The molecular formula is C15H17N3OS. The van der Waals surface area contributed by atoms with Gasteiger partial charge in [-0.3, -0.25) is 9.89 Å². The second-order valence-corrected chi connectivity index (χ2v) is 6.11. The molecule has 0 radical (unpaired) electrons. The molecule has 0 saturated carbocycles. The Kier molecular flexibility index (Phi) is 4.06. The van der Waals surface area contributed by atoms with Crippen LogP contribution in [0.2, 0.25) is 0 Å². The smallest absolute Gasteiger partial charge is 0.255 e. The zero-order valence-corrected chi connectivity index (χ0v) is 12.0. The molecule has 1 aromatic heterocycles. The fourth-order valence-corrected chi connectivity index (χ4v) is 3.49. The Labute approximate surface area is 122 Å². The Morgan fingerprint density at radius 3 is 2.75 bits per heavy atom. The average molecular weight is 287 g/mol. The number of benzene rings is 1. The Bertz CT molecular complexity index is 576. The summed E-state index contributed by atoms with van der Waals surface area (Å²) in [5.41, 5.74) is 2.39. The number of aromatic amines is 1. The van der Waals surface area contributed by atoms with Crippen molar-refractivity contribution in [3.05, 3.63) is 42.1 Å². The third-order valence-electron chi connectivity index (χ3n) is 3.50. The summed E-state index contributed by atoms with van der Waals surface area (Å²) in [6.07, 6.45) is 3.71. The van der Waals surface area contributed by atoms with Crippen LogP contribution in [0, 0.1) is 0 Å². The van der Waals surface area contributed by atoms with E-state index < -0.39 is 0 Å². The van der Waals surface area contributed by atoms with Crippen molar-refractivity contribution in [2.75, 3.05) is 11.5 Å². The maximum Gasteiger partial charge on any atom is 0.255 e. The largest absolute Gasteiger partial charge is 0.349 e. The van der Waals surface area contributed by atoms with Gasteiger partial charge in [-0.15, -0.1) is 0 Å². The number of hydrogen-bond acceptors (Lipinski definition) is 3. The van der Waals surface area contributed by atoms with Crippen LogP contribution in [-0.4, -0.2) is 33.7 Å². The first-order chi connectivity index (χ1) is 9.84. The summed E-state index contributed by atoms with van der Waals surface area (Å²) < 4.78 is 0. The fourth-order valence-electron chi connectivity index (χ4n) is 2.39. The second-order valence-electron chi connectivity index (χ2n) is 4.88. The van der Waals surface area contributed by atoms with Crippen LogP contribution in [0.5, 0.6) is 0 Å². The first-order valence-corrected chi connectivity index (χ1v) is 7.97. The summed E-state index contributed by atoms with van der Waals surface area (Å²) in [7, 11) is 0. The first kappa shape index (κ1) is 13.2. The van der Waals surface area contributed by atoms with Crippen molar-refractivity contribution in [2.45, 2.75) is 18.9 Å². The van der Waals surface area contributed by atoms with Gasteiger partial charge in [0.1, 0.15) is 0 Å². The highest BCUT2D eigenvalue weighted by atomic mass is 32.2. The highest BCUT2D eigenvalue weighted by molar-refractivity contribution is 7.99. The van der Waals surface area contributed by atoms with Gasteiger partial charge in [0, 0.05) is 11.6 Å². The van der Waals surface area contributed by atoms with Crippen molar-refractivity contribution in [1.29, 1.82) is 0 Å². The Balaban J connectivity index is 1.77. The van der Waals surface area contributed by atoms with Gasteiger partial charge in [-0.05, 0) is 24.3 Å². The molecular weight excluding hydrogens is 270 g/mol. The third-order valence-corrected chi connectivity index (χ3v) is 4.55. The van der Waals surface area contributed by atoms with Crippen LogP contribution in [-0.2, 0) is 0 Å². The zero-order valence-electron chi connectivity index (χ0n) is 11.1. The van der Waals surface area contributed by atoms with E-state index in [0.29, 0.717) is 11.6 Å². The van der Waals surface area contributed by atoms with Crippen molar-refractivity contribution >= 4 is 17.7 Å². The lowest BCUT2D eigenvalue weighted by Gasteiger charge is -2.22. The number of H-pyrrole nitrogens is 1. The summed E-state index contributed by atoms with van der Waals surface area (Å²) in [5.74, 6) is 2.22. The standard InChI is InChI=1S/C15H17N3OS/c19-15(17-12-6-8-20-9-7-12)13-10-16-18-14(13)11-4-2-1-3-5-11/h1-5,10,12H,6-9H2,(H,16,18)(H,17,19). The topological polar surface area (TPSA) is 57.8 Å². The minimum absolute atomic E-state index is 0.0329. The molecule has 4 nitrogen and oxygen atoms in total. The molecule has 0 spiro atoms. The van der Waals surface area contributed by atoms with E-state index in [0.717, 1.165) is 35.6 Å². The highest BCUT2D eigenvalue weighted by Gasteiger charge is 2.20. The zero-order chi connectivity index (χ0) is 13.8. The quantitative estimate of drug-likeness (QED) is 0.912. The predicted octanol–water partition coefficient (Wildman–Crippen LogP) is 2.70. The minimum atomic E-state index is -0.0329. The summed E-state index contributed by atoms with van der Waals surface area (Å²) in [6, 6.07) is 10.1. The number of hydrogen-bond donors (Lipinski definition) is 2. The van der Waals surface area contributed by atoms with Crippen LogP contribution in [0.4, 0.5) is 0 Å². The molecule has 1 saturated heterocycles. The van der Waals surface area contributed by atoms with Crippen molar-refractivity contribution in [1.82, 2.24) is 15.5 Å². The summed E-state index contributed by atoms with van der Waals surface area (Å²) in [4.78, 5) is 12.4. The number of carbonyl (C=O) groups is 1. The van der Waals surface area contributed by atoms with Crippen molar-refractivity contribution in [3.8, 4) is 11.3 Å². The van der Waals surface area contributed by atoms with Crippen LogP contribution in [0.25, 0.3) is 11.3 Å². The van der Waals surface area contributed by atoms with E-state index in [2.05, 4.69) is 15.5 Å². The number of rotatable bonds is 3. The number of nitrogens with zero attached hydrogens (tertiary/aromatic N) is 1. The number of thioether (sulfide) groups is 1. The van der Waals surface area contributed by atoms with Gasteiger partial charge in [0.25, 0.3) is 5.91 Å². The number of nitrogens with one attached hydrogen (secondary N) is 2. The van der Waals surface area contributed by atoms with Crippen LogP contribution in [0.1, 0.15) is 23.2 Å². The highest BCUT2D eigenvalue weighted by Crippen LogP contribution is 2.22. The minimum Gasteiger partial charge on any atom is -0.349 e. The molecule has 1 aromatic carbocycles. The van der Waals surface area contributed by atoms with E-state index in [1.807, 2.05) is 42.1 Å². The van der Waals surface area contributed by atoms with Crippen LogP contribution in [0.15, 0.2) is 36.5 Å². The van der Waals surface area contributed by atoms with E-state index >= 15 is 0 Å². The fraction of sp³-hybridized carbons (Fsp3) is 0.333. The second kappa shape index (κ2) is 6.13. The molecule has 0 unspecified atom stereocenters. The lowest BCUT2D eigenvalue weighted by atomic mass is 10.1. The van der Waals surface area contributed by atoms with Gasteiger partial charge in [-0.1, -0.05) is 30.3 Å². The maximum atomic E-state index is 12.4. The number of amides is 1. The number of carbonyl (C=O) groups excluding carboxylic acids is 1. The van der Waals surface area contributed by atoms with E-state index in [1.165, 1.54) is 0 Å². The molecule has 1 aliphatic heterocycles. The van der Waals surface area contributed by atoms with Crippen molar-refractivity contribution in [3.63, 3.8) is 0 Å². The maximum absolute atomic E-state index is 12.4. The van der Waals surface area contributed by atoms with E-state index in [4.69, 9.17) is 0 Å². The lowest BCUT2D eigenvalue weighted by molar-refractivity contribution is 0.0935. The Morgan fingerprint density at radius 2 is 2.00 bits per heavy atom. The van der Waals surface area contributed by atoms with Gasteiger partial charge >= 0.3 is 0 Å². The number of aromatic nitrogens is 2. The first-order valence-electron chi connectivity index (χ1n) is 6.82.